The number of nitrogens with zero attached hydrogens (tertiary/aromatic N) is 1. The highest BCUT2D eigenvalue weighted by atomic mass is 19.1. The highest BCUT2D eigenvalue weighted by molar-refractivity contribution is 5.82. The number of hydrogen-bond donors (Lipinski definition) is 1. The van der Waals surface area contributed by atoms with E-state index in [0.717, 1.165) is 24.9 Å². The summed E-state index contributed by atoms with van der Waals surface area (Å²) in [6.45, 7) is 3.98. The molecule has 0 aromatic heterocycles. The summed E-state index contributed by atoms with van der Waals surface area (Å²) in [7, 11) is 0. The topological polar surface area (TPSA) is 32.3 Å². The van der Waals surface area contributed by atoms with E-state index < -0.39 is 0 Å². The fourth-order valence-corrected chi connectivity index (χ4v) is 2.32. The van der Waals surface area contributed by atoms with Crippen LogP contribution in [0, 0.1) is 5.82 Å². The van der Waals surface area contributed by atoms with Gasteiger partial charge in [-0.05, 0) is 44.0 Å². The van der Waals surface area contributed by atoms with E-state index in [1.165, 1.54) is 12.1 Å². The Hall–Kier alpha value is -1.42. The van der Waals surface area contributed by atoms with Crippen LogP contribution in [0.15, 0.2) is 24.3 Å². The molecule has 1 aliphatic heterocycles. The van der Waals surface area contributed by atoms with Gasteiger partial charge in [-0.1, -0.05) is 12.1 Å². The van der Waals surface area contributed by atoms with E-state index >= 15 is 0 Å². The molecule has 1 atom stereocenters. The Labute approximate surface area is 107 Å². The minimum absolute atomic E-state index is 0.0569. The third kappa shape index (κ3) is 3.07. The normalized spacial score (nSPS) is 18.9. The molecule has 0 bridgehead atoms. The van der Waals surface area contributed by atoms with E-state index in [4.69, 9.17) is 0 Å². The molecule has 98 valence electrons. The zero-order valence-corrected chi connectivity index (χ0v) is 10.7. The van der Waals surface area contributed by atoms with Gasteiger partial charge in [0.1, 0.15) is 5.82 Å². The lowest BCUT2D eigenvalue weighted by molar-refractivity contribution is -0.133. The molecule has 1 aliphatic rings. The maximum absolute atomic E-state index is 13.1. The van der Waals surface area contributed by atoms with Crippen LogP contribution in [0.5, 0.6) is 0 Å². The van der Waals surface area contributed by atoms with Crippen molar-refractivity contribution < 1.29 is 9.18 Å². The second-order valence-electron chi connectivity index (χ2n) is 4.63. The van der Waals surface area contributed by atoms with Crippen molar-refractivity contribution in [2.45, 2.75) is 32.4 Å². The van der Waals surface area contributed by atoms with Crippen molar-refractivity contribution in [3.8, 4) is 0 Å². The Balaban J connectivity index is 2.02. The van der Waals surface area contributed by atoms with Gasteiger partial charge in [-0.15, -0.1) is 0 Å². The summed E-state index contributed by atoms with van der Waals surface area (Å²) in [6, 6.07) is 6.37. The van der Waals surface area contributed by atoms with Gasteiger partial charge in [0.25, 0.3) is 0 Å². The summed E-state index contributed by atoms with van der Waals surface area (Å²) in [6.07, 6.45) is 1.95. The number of likely N-dealkylation sites (N-methyl/N-ethyl adjacent to an activating group) is 1. The molecule has 1 aromatic rings. The van der Waals surface area contributed by atoms with Gasteiger partial charge in [-0.2, -0.15) is 0 Å². The van der Waals surface area contributed by atoms with Crippen molar-refractivity contribution in [2.24, 2.45) is 0 Å². The molecule has 1 N–H and O–H groups in total. The van der Waals surface area contributed by atoms with Crippen molar-refractivity contribution in [3.63, 3.8) is 0 Å². The van der Waals surface area contributed by atoms with Crippen LogP contribution < -0.4 is 5.32 Å². The van der Waals surface area contributed by atoms with E-state index in [1.54, 1.807) is 11.0 Å². The fourth-order valence-electron chi connectivity index (χ4n) is 2.32. The molecule has 1 heterocycles. The Morgan fingerprint density at radius 2 is 2.39 bits per heavy atom. The summed E-state index contributed by atoms with van der Waals surface area (Å²) in [5, 5.41) is 3.20. The molecule has 18 heavy (non-hydrogen) atoms. The van der Waals surface area contributed by atoms with E-state index in [1.807, 2.05) is 13.0 Å². The molecule has 0 aliphatic carbocycles. The Kier molecular flexibility index (Phi) is 4.31. The van der Waals surface area contributed by atoms with E-state index in [2.05, 4.69) is 5.32 Å². The van der Waals surface area contributed by atoms with Gasteiger partial charge in [0.15, 0.2) is 0 Å². The second-order valence-corrected chi connectivity index (χ2v) is 4.63. The van der Waals surface area contributed by atoms with Crippen LogP contribution in [0.4, 0.5) is 4.39 Å². The largest absolute Gasteiger partial charge is 0.337 e. The molecule has 1 unspecified atom stereocenters. The van der Waals surface area contributed by atoms with E-state index in [9.17, 15) is 9.18 Å². The van der Waals surface area contributed by atoms with Crippen molar-refractivity contribution in [1.82, 2.24) is 10.2 Å². The number of benzene rings is 1. The van der Waals surface area contributed by atoms with E-state index in [0.29, 0.717) is 13.1 Å². The molecule has 1 fully saturated rings. The standard InChI is InChI=1S/C14H19FN2O/c1-2-17(14(18)13-7-4-8-16-13)10-11-5-3-6-12(15)9-11/h3,5-6,9,13,16H,2,4,7-8,10H2,1H3. The lowest BCUT2D eigenvalue weighted by atomic mass is 10.1. The van der Waals surface area contributed by atoms with Crippen molar-refractivity contribution in [3.05, 3.63) is 35.6 Å². The average Bonchev–Trinajstić information content (AvgIpc) is 2.89. The van der Waals surface area contributed by atoms with Gasteiger partial charge >= 0.3 is 0 Å². The highest BCUT2D eigenvalue weighted by Gasteiger charge is 2.25. The molecule has 0 saturated carbocycles. The van der Waals surface area contributed by atoms with Crippen LogP contribution >= 0.6 is 0 Å². The van der Waals surface area contributed by atoms with Gasteiger partial charge < -0.3 is 10.2 Å². The summed E-state index contributed by atoms with van der Waals surface area (Å²) in [5.74, 6) is -0.130. The summed E-state index contributed by atoms with van der Waals surface area (Å²) in [5.41, 5.74) is 0.836. The SMILES string of the molecule is CCN(Cc1cccc(F)c1)C(=O)C1CCCN1. The smallest absolute Gasteiger partial charge is 0.239 e. The van der Waals surface area contributed by atoms with Gasteiger partial charge in [-0.25, -0.2) is 4.39 Å². The predicted molar refractivity (Wildman–Crippen MR) is 68.5 cm³/mol. The first-order valence-electron chi connectivity index (χ1n) is 6.47. The Morgan fingerprint density at radius 1 is 1.56 bits per heavy atom. The third-order valence-corrected chi connectivity index (χ3v) is 3.31. The minimum atomic E-state index is -0.255. The molecule has 1 saturated heterocycles. The number of carbonyl (C=O) groups is 1. The molecule has 4 heteroatoms. The highest BCUT2D eigenvalue weighted by Crippen LogP contribution is 2.12. The van der Waals surface area contributed by atoms with Crippen LogP contribution in [0.3, 0.4) is 0 Å². The van der Waals surface area contributed by atoms with Gasteiger partial charge in [0.05, 0.1) is 6.04 Å². The monoisotopic (exact) mass is 250 g/mol. The van der Waals surface area contributed by atoms with Gasteiger partial charge in [0, 0.05) is 13.1 Å². The number of rotatable bonds is 4. The van der Waals surface area contributed by atoms with Crippen LogP contribution in [0.1, 0.15) is 25.3 Å². The quantitative estimate of drug-likeness (QED) is 0.885. The van der Waals surface area contributed by atoms with Gasteiger partial charge in [0.2, 0.25) is 5.91 Å². The first kappa shape index (κ1) is 13.0. The Bertz CT molecular complexity index is 416. The van der Waals surface area contributed by atoms with Crippen LogP contribution in [-0.2, 0) is 11.3 Å². The predicted octanol–water partition coefficient (Wildman–Crippen LogP) is 1.93. The summed E-state index contributed by atoms with van der Waals surface area (Å²) < 4.78 is 13.1. The fraction of sp³-hybridized carbons (Fsp3) is 0.500. The van der Waals surface area contributed by atoms with E-state index in [-0.39, 0.29) is 17.8 Å². The zero-order chi connectivity index (χ0) is 13.0. The molecule has 1 amide bonds. The number of halogens is 1. The lowest BCUT2D eigenvalue weighted by Gasteiger charge is -2.24. The maximum atomic E-state index is 13.1. The van der Waals surface area contributed by atoms with Crippen LogP contribution in [0.2, 0.25) is 0 Å². The summed E-state index contributed by atoms with van der Waals surface area (Å²) >= 11 is 0. The minimum Gasteiger partial charge on any atom is -0.337 e. The average molecular weight is 250 g/mol. The van der Waals surface area contributed by atoms with Crippen molar-refractivity contribution >= 4 is 5.91 Å². The summed E-state index contributed by atoms with van der Waals surface area (Å²) in [4.78, 5) is 14.0. The molecule has 1 aromatic carbocycles. The molecule has 0 spiro atoms. The molecular formula is C14H19FN2O. The molecular weight excluding hydrogens is 231 g/mol. The van der Waals surface area contributed by atoms with Crippen molar-refractivity contribution in [2.75, 3.05) is 13.1 Å². The second kappa shape index (κ2) is 5.96. The first-order valence-corrected chi connectivity index (χ1v) is 6.47. The van der Waals surface area contributed by atoms with Crippen molar-refractivity contribution in [1.29, 1.82) is 0 Å². The number of carbonyl (C=O) groups excluding carboxylic acids is 1. The maximum Gasteiger partial charge on any atom is 0.239 e. The first-order chi connectivity index (χ1) is 8.70. The third-order valence-electron chi connectivity index (χ3n) is 3.31. The van der Waals surface area contributed by atoms with Gasteiger partial charge in [-0.3, -0.25) is 4.79 Å². The molecule has 2 rings (SSSR count). The lowest BCUT2D eigenvalue weighted by Crippen LogP contribution is -2.43. The molecule has 3 nitrogen and oxygen atoms in total. The number of hydrogen-bond acceptors (Lipinski definition) is 2. The number of nitrogens with one attached hydrogen (secondary N) is 1. The number of amides is 1. The Morgan fingerprint density at radius 3 is 3.00 bits per heavy atom. The van der Waals surface area contributed by atoms with Crippen LogP contribution in [-0.4, -0.2) is 29.9 Å². The zero-order valence-electron chi connectivity index (χ0n) is 10.7. The molecule has 0 radical (unpaired) electrons. The van der Waals surface area contributed by atoms with Crippen LogP contribution in [0.25, 0.3) is 0 Å².